The SMILES string of the molecule is F[B-](F)(F)CSc1cccs1. The second-order valence-corrected chi connectivity index (χ2v) is 4.22. The molecule has 0 bridgehead atoms. The minimum atomic E-state index is -4.64. The Morgan fingerprint density at radius 2 is 2.18 bits per heavy atom. The van der Waals surface area contributed by atoms with E-state index in [1.165, 1.54) is 11.3 Å². The second-order valence-electron chi connectivity index (χ2n) is 1.95. The molecule has 0 aliphatic rings. The van der Waals surface area contributed by atoms with E-state index in [1.807, 2.05) is 0 Å². The molecule has 0 aliphatic heterocycles. The van der Waals surface area contributed by atoms with E-state index in [2.05, 4.69) is 0 Å². The molecular formula is C5H5BF3S2-. The van der Waals surface area contributed by atoms with Gasteiger partial charge in [-0.2, -0.15) is 0 Å². The zero-order valence-corrected chi connectivity index (χ0v) is 7.10. The number of hydrogen-bond donors (Lipinski definition) is 0. The number of hydrogen-bond acceptors (Lipinski definition) is 2. The van der Waals surface area contributed by atoms with Crippen molar-refractivity contribution >= 4 is 30.1 Å². The Morgan fingerprint density at radius 3 is 2.64 bits per heavy atom. The lowest BCUT2D eigenvalue weighted by molar-refractivity contribution is 0.485. The van der Waals surface area contributed by atoms with Crippen LogP contribution >= 0.6 is 23.1 Å². The summed E-state index contributed by atoms with van der Waals surface area (Å²) >= 11 is 2.19. The fraction of sp³-hybridized carbons (Fsp3) is 0.200. The van der Waals surface area contributed by atoms with Crippen molar-refractivity contribution in [3.63, 3.8) is 0 Å². The molecule has 6 heteroatoms. The van der Waals surface area contributed by atoms with Gasteiger partial charge >= 0.3 is 6.98 Å². The molecule has 0 aliphatic carbocycles. The maximum atomic E-state index is 11.7. The van der Waals surface area contributed by atoms with Crippen molar-refractivity contribution in [1.82, 2.24) is 0 Å². The van der Waals surface area contributed by atoms with Crippen molar-refractivity contribution in [3.05, 3.63) is 17.5 Å². The van der Waals surface area contributed by atoms with Gasteiger partial charge in [-0.25, -0.2) is 0 Å². The summed E-state index contributed by atoms with van der Waals surface area (Å²) in [6.45, 7) is -4.64. The van der Waals surface area contributed by atoms with Crippen LogP contribution < -0.4 is 0 Å². The molecule has 11 heavy (non-hydrogen) atoms. The van der Waals surface area contributed by atoms with E-state index in [-0.39, 0.29) is 0 Å². The van der Waals surface area contributed by atoms with E-state index in [0.717, 1.165) is 16.0 Å². The van der Waals surface area contributed by atoms with Crippen LogP contribution in [0, 0.1) is 0 Å². The second kappa shape index (κ2) is 3.54. The molecule has 62 valence electrons. The minimum Gasteiger partial charge on any atom is -0.448 e. The zero-order chi connectivity index (χ0) is 8.32. The van der Waals surface area contributed by atoms with E-state index in [9.17, 15) is 12.9 Å². The zero-order valence-electron chi connectivity index (χ0n) is 5.47. The van der Waals surface area contributed by atoms with Gasteiger partial charge in [0.15, 0.2) is 0 Å². The van der Waals surface area contributed by atoms with E-state index in [1.54, 1.807) is 17.5 Å². The molecule has 0 spiro atoms. The van der Waals surface area contributed by atoms with Gasteiger partial charge in [0, 0.05) is 0 Å². The Bertz CT molecular complexity index is 206. The number of halogens is 3. The van der Waals surface area contributed by atoms with Crippen LogP contribution in [0.15, 0.2) is 21.7 Å². The molecule has 0 saturated heterocycles. The van der Waals surface area contributed by atoms with Crippen molar-refractivity contribution in [2.45, 2.75) is 4.21 Å². The molecule has 1 heterocycles. The predicted octanol–water partition coefficient (Wildman–Crippen LogP) is 3.23. The Kier molecular flexibility index (Phi) is 2.89. The normalized spacial score (nSPS) is 11.9. The van der Waals surface area contributed by atoms with Crippen LogP contribution in [0.1, 0.15) is 0 Å². The smallest absolute Gasteiger partial charge is 0.448 e. The summed E-state index contributed by atoms with van der Waals surface area (Å²) in [5.41, 5.74) is -0.736. The topological polar surface area (TPSA) is 0 Å². The van der Waals surface area contributed by atoms with Gasteiger partial charge in [0.05, 0.1) is 4.21 Å². The molecule has 0 fully saturated rings. The lowest BCUT2D eigenvalue weighted by Crippen LogP contribution is -2.18. The van der Waals surface area contributed by atoms with Gasteiger partial charge in [-0.3, -0.25) is 0 Å². The molecule has 0 atom stereocenters. The average Bonchev–Trinajstić information content (AvgIpc) is 2.32. The van der Waals surface area contributed by atoms with E-state index in [4.69, 9.17) is 0 Å². The van der Waals surface area contributed by atoms with Gasteiger partial charge in [-0.05, 0) is 17.1 Å². The fourth-order valence-electron chi connectivity index (χ4n) is 0.522. The van der Waals surface area contributed by atoms with Crippen molar-refractivity contribution < 1.29 is 12.9 Å². The first-order chi connectivity index (χ1) is 5.08. The third-order valence-corrected chi connectivity index (χ3v) is 3.18. The Morgan fingerprint density at radius 1 is 1.45 bits per heavy atom. The third-order valence-electron chi connectivity index (χ3n) is 0.910. The Balaban J connectivity index is 2.35. The molecule has 1 aromatic rings. The maximum Gasteiger partial charge on any atom is 0.488 e. The maximum absolute atomic E-state index is 11.7. The lowest BCUT2D eigenvalue weighted by atomic mass is 9.98. The standard InChI is InChI=1S/C5H5BF3S2/c7-6(8,9)4-11-5-2-1-3-10-5/h1-3H,4H2/q-1. The summed E-state index contributed by atoms with van der Waals surface area (Å²) in [6.07, 6.45) is 0. The summed E-state index contributed by atoms with van der Waals surface area (Å²) in [6, 6.07) is 3.44. The van der Waals surface area contributed by atoms with Gasteiger partial charge in [-0.1, -0.05) is 6.07 Å². The molecule has 0 nitrogen and oxygen atoms in total. The first-order valence-corrected chi connectivity index (χ1v) is 4.82. The molecule has 0 aromatic carbocycles. The minimum absolute atomic E-state index is 0.726. The van der Waals surface area contributed by atoms with Crippen LogP contribution in [0.4, 0.5) is 12.9 Å². The molecular weight excluding hydrogens is 192 g/mol. The first kappa shape index (κ1) is 9.00. The molecule has 1 rings (SSSR count). The van der Waals surface area contributed by atoms with E-state index in [0.29, 0.717) is 0 Å². The summed E-state index contributed by atoms with van der Waals surface area (Å²) in [5, 5.41) is 1.77. The highest BCUT2D eigenvalue weighted by Crippen LogP contribution is 2.27. The van der Waals surface area contributed by atoms with Crippen LogP contribution in [0.25, 0.3) is 0 Å². The van der Waals surface area contributed by atoms with Crippen LogP contribution in [-0.2, 0) is 0 Å². The summed E-state index contributed by atoms with van der Waals surface area (Å²) in [4.78, 5) is 0. The molecule has 1 aromatic heterocycles. The van der Waals surface area contributed by atoms with Gasteiger partial charge < -0.3 is 12.9 Å². The third kappa shape index (κ3) is 3.72. The monoisotopic (exact) mass is 197 g/mol. The molecule has 0 radical (unpaired) electrons. The molecule has 0 saturated carbocycles. The highest BCUT2D eigenvalue weighted by Gasteiger charge is 2.22. The van der Waals surface area contributed by atoms with Crippen molar-refractivity contribution in [3.8, 4) is 0 Å². The van der Waals surface area contributed by atoms with E-state index >= 15 is 0 Å². The lowest BCUT2D eigenvalue weighted by Gasteiger charge is -2.10. The highest BCUT2D eigenvalue weighted by atomic mass is 32.2. The number of rotatable bonds is 3. The molecule has 0 N–H and O–H groups in total. The number of thiophene rings is 1. The first-order valence-electron chi connectivity index (χ1n) is 2.95. The van der Waals surface area contributed by atoms with Crippen LogP contribution in [0.2, 0.25) is 0 Å². The van der Waals surface area contributed by atoms with Crippen molar-refractivity contribution in [1.29, 1.82) is 0 Å². The fourth-order valence-corrected chi connectivity index (χ4v) is 2.14. The van der Waals surface area contributed by atoms with Crippen LogP contribution in [0.5, 0.6) is 0 Å². The van der Waals surface area contributed by atoms with Gasteiger partial charge in [-0.15, -0.1) is 23.1 Å². The summed E-state index contributed by atoms with van der Waals surface area (Å²) < 4.78 is 35.8. The number of thioether (sulfide) groups is 1. The molecule has 0 amide bonds. The Labute approximate surface area is 70.9 Å². The largest absolute Gasteiger partial charge is 0.488 e. The summed E-state index contributed by atoms with van der Waals surface area (Å²) in [5.74, 6) is 0. The summed E-state index contributed by atoms with van der Waals surface area (Å²) in [7, 11) is 0. The predicted molar refractivity (Wildman–Crippen MR) is 44.1 cm³/mol. The highest BCUT2D eigenvalue weighted by molar-refractivity contribution is 8.02. The van der Waals surface area contributed by atoms with Crippen molar-refractivity contribution in [2.75, 3.05) is 5.65 Å². The average molecular weight is 197 g/mol. The van der Waals surface area contributed by atoms with Gasteiger partial charge in [0.2, 0.25) is 0 Å². The van der Waals surface area contributed by atoms with Crippen molar-refractivity contribution in [2.24, 2.45) is 0 Å². The van der Waals surface area contributed by atoms with Gasteiger partial charge in [0.1, 0.15) is 0 Å². The van der Waals surface area contributed by atoms with Gasteiger partial charge in [0.25, 0.3) is 0 Å². The molecule has 0 unspecified atom stereocenters. The van der Waals surface area contributed by atoms with Crippen LogP contribution in [0.3, 0.4) is 0 Å². The van der Waals surface area contributed by atoms with E-state index < -0.39 is 12.6 Å². The Hall–Kier alpha value is -0.0951. The quantitative estimate of drug-likeness (QED) is 0.529. The van der Waals surface area contributed by atoms with Crippen LogP contribution in [-0.4, -0.2) is 12.6 Å².